The summed E-state index contributed by atoms with van der Waals surface area (Å²) in [5.74, 6) is -0.159. The van der Waals surface area contributed by atoms with Gasteiger partial charge in [0.2, 0.25) is 0 Å². The highest BCUT2D eigenvalue weighted by molar-refractivity contribution is 5.92. The van der Waals surface area contributed by atoms with Crippen LogP contribution in [0.25, 0.3) is 0 Å². The van der Waals surface area contributed by atoms with Gasteiger partial charge in [0.1, 0.15) is 5.69 Å². The first-order valence-electron chi connectivity index (χ1n) is 5.26. The lowest BCUT2D eigenvalue weighted by Gasteiger charge is -2.07. The molecule has 1 aromatic heterocycles. The Bertz CT molecular complexity index is 533. The number of aromatic nitrogens is 2. The largest absolute Gasteiger partial charge is 0.398 e. The zero-order valence-corrected chi connectivity index (χ0v) is 9.55. The Morgan fingerprint density at radius 2 is 2.24 bits per heavy atom. The average Bonchev–Trinajstić information content (AvgIpc) is 2.74. The number of benzene rings is 1. The number of para-hydroxylation sites is 1. The first-order valence-corrected chi connectivity index (χ1v) is 5.26. The number of nitrogens with zero attached hydrogens (tertiary/aromatic N) is 2. The van der Waals surface area contributed by atoms with Gasteiger partial charge in [-0.2, -0.15) is 0 Å². The second-order valence-electron chi connectivity index (χ2n) is 3.77. The summed E-state index contributed by atoms with van der Waals surface area (Å²) in [4.78, 5) is 15.7. The third kappa shape index (κ3) is 2.44. The number of hydrogen-bond acceptors (Lipinski definition) is 3. The molecule has 0 aliphatic rings. The normalized spacial score (nSPS) is 10.2. The average molecular weight is 230 g/mol. The van der Waals surface area contributed by atoms with Crippen molar-refractivity contribution in [2.75, 3.05) is 5.73 Å². The lowest BCUT2D eigenvalue weighted by molar-refractivity contribution is 0.0943. The number of amides is 1. The van der Waals surface area contributed by atoms with Gasteiger partial charge in [0.25, 0.3) is 5.91 Å². The second-order valence-corrected chi connectivity index (χ2v) is 3.77. The quantitative estimate of drug-likeness (QED) is 0.770. The number of nitrogens with two attached hydrogens (primary N) is 1. The van der Waals surface area contributed by atoms with Crippen LogP contribution < -0.4 is 11.1 Å². The summed E-state index contributed by atoms with van der Waals surface area (Å²) in [5, 5.41) is 2.80. The molecule has 0 spiro atoms. The maximum Gasteiger partial charge on any atom is 0.269 e. The van der Waals surface area contributed by atoms with Crippen LogP contribution in [-0.2, 0) is 13.6 Å². The van der Waals surface area contributed by atoms with Crippen LogP contribution in [0.1, 0.15) is 16.1 Å². The predicted octanol–water partition coefficient (Wildman–Crippen LogP) is 0.932. The van der Waals surface area contributed by atoms with Gasteiger partial charge in [-0.05, 0) is 11.6 Å². The van der Waals surface area contributed by atoms with Crippen LogP contribution in [0.5, 0.6) is 0 Å². The molecule has 0 saturated carbocycles. The zero-order valence-electron chi connectivity index (χ0n) is 9.55. The molecule has 1 aromatic carbocycles. The molecule has 1 amide bonds. The number of aryl methyl sites for hydroxylation is 1. The van der Waals surface area contributed by atoms with E-state index in [1.807, 2.05) is 24.3 Å². The van der Waals surface area contributed by atoms with Crippen molar-refractivity contribution in [3.05, 3.63) is 48.0 Å². The molecule has 0 fully saturated rings. The summed E-state index contributed by atoms with van der Waals surface area (Å²) < 4.78 is 1.67. The first kappa shape index (κ1) is 11.2. The fourth-order valence-electron chi connectivity index (χ4n) is 1.54. The molecule has 0 atom stereocenters. The molecule has 0 aliphatic heterocycles. The fraction of sp³-hybridized carbons (Fsp3) is 0.167. The summed E-state index contributed by atoms with van der Waals surface area (Å²) in [7, 11) is 1.78. The fourth-order valence-corrected chi connectivity index (χ4v) is 1.54. The molecule has 1 heterocycles. The third-order valence-corrected chi connectivity index (χ3v) is 2.54. The Kier molecular flexibility index (Phi) is 3.09. The van der Waals surface area contributed by atoms with E-state index in [2.05, 4.69) is 10.3 Å². The second kappa shape index (κ2) is 4.69. The van der Waals surface area contributed by atoms with Crippen molar-refractivity contribution >= 4 is 11.6 Å². The SMILES string of the molecule is Cn1cncc1C(=O)NCc1ccccc1N. The van der Waals surface area contributed by atoms with Crippen molar-refractivity contribution in [1.82, 2.24) is 14.9 Å². The first-order chi connectivity index (χ1) is 8.18. The maximum atomic E-state index is 11.8. The van der Waals surface area contributed by atoms with E-state index in [1.54, 1.807) is 17.9 Å². The van der Waals surface area contributed by atoms with Gasteiger partial charge in [0, 0.05) is 19.3 Å². The molecule has 5 heteroatoms. The summed E-state index contributed by atoms with van der Waals surface area (Å²) in [5.41, 5.74) is 7.90. The summed E-state index contributed by atoms with van der Waals surface area (Å²) in [6.45, 7) is 0.413. The van der Waals surface area contributed by atoms with Crippen molar-refractivity contribution in [3.8, 4) is 0 Å². The van der Waals surface area contributed by atoms with Crippen LogP contribution in [0, 0.1) is 0 Å². The summed E-state index contributed by atoms with van der Waals surface area (Å²) in [6, 6.07) is 7.45. The van der Waals surface area contributed by atoms with E-state index >= 15 is 0 Å². The number of imidazole rings is 1. The molecule has 0 bridgehead atoms. The topological polar surface area (TPSA) is 72.9 Å². The number of carbonyl (C=O) groups is 1. The number of nitrogens with one attached hydrogen (secondary N) is 1. The van der Waals surface area contributed by atoms with Gasteiger partial charge in [0.15, 0.2) is 0 Å². The van der Waals surface area contributed by atoms with Gasteiger partial charge in [-0.15, -0.1) is 0 Å². The van der Waals surface area contributed by atoms with Crippen molar-refractivity contribution in [3.63, 3.8) is 0 Å². The van der Waals surface area contributed by atoms with E-state index in [4.69, 9.17) is 5.73 Å². The molecule has 0 saturated heterocycles. The number of anilines is 1. The van der Waals surface area contributed by atoms with Crippen molar-refractivity contribution < 1.29 is 4.79 Å². The highest BCUT2D eigenvalue weighted by Gasteiger charge is 2.09. The van der Waals surface area contributed by atoms with Gasteiger partial charge in [0.05, 0.1) is 12.5 Å². The molecule has 2 aromatic rings. The highest BCUT2D eigenvalue weighted by Crippen LogP contribution is 2.09. The Hall–Kier alpha value is -2.30. The van der Waals surface area contributed by atoms with Crippen LogP contribution in [-0.4, -0.2) is 15.5 Å². The molecule has 0 radical (unpaired) electrons. The van der Waals surface area contributed by atoms with Gasteiger partial charge >= 0.3 is 0 Å². The van der Waals surface area contributed by atoms with Gasteiger partial charge in [-0.1, -0.05) is 18.2 Å². The van der Waals surface area contributed by atoms with E-state index in [1.165, 1.54) is 6.20 Å². The van der Waals surface area contributed by atoms with Crippen LogP contribution in [0.4, 0.5) is 5.69 Å². The van der Waals surface area contributed by atoms with E-state index in [0.717, 1.165) is 5.56 Å². The highest BCUT2D eigenvalue weighted by atomic mass is 16.1. The van der Waals surface area contributed by atoms with Gasteiger partial charge in [-0.25, -0.2) is 4.98 Å². The lowest BCUT2D eigenvalue weighted by atomic mass is 10.2. The van der Waals surface area contributed by atoms with Crippen molar-refractivity contribution in [1.29, 1.82) is 0 Å². The standard InChI is InChI=1S/C12H14N4O/c1-16-8-14-7-11(16)12(17)15-6-9-4-2-3-5-10(9)13/h2-5,7-8H,6,13H2,1H3,(H,15,17). The Balaban J connectivity index is 2.02. The molecule has 17 heavy (non-hydrogen) atoms. The van der Waals surface area contributed by atoms with E-state index < -0.39 is 0 Å². The molecule has 3 N–H and O–H groups in total. The summed E-state index contributed by atoms with van der Waals surface area (Å²) >= 11 is 0. The lowest BCUT2D eigenvalue weighted by Crippen LogP contribution is -2.25. The van der Waals surface area contributed by atoms with Crippen LogP contribution in [0.3, 0.4) is 0 Å². The van der Waals surface area contributed by atoms with Gasteiger partial charge in [-0.3, -0.25) is 4.79 Å². The molecular weight excluding hydrogens is 216 g/mol. The molecule has 0 unspecified atom stereocenters. The molecule has 0 aliphatic carbocycles. The van der Waals surface area contributed by atoms with Crippen LogP contribution in [0.2, 0.25) is 0 Å². The Morgan fingerprint density at radius 1 is 1.47 bits per heavy atom. The van der Waals surface area contributed by atoms with Crippen molar-refractivity contribution in [2.45, 2.75) is 6.54 Å². The molecule has 5 nitrogen and oxygen atoms in total. The predicted molar refractivity (Wildman–Crippen MR) is 65.2 cm³/mol. The van der Waals surface area contributed by atoms with Crippen LogP contribution in [0.15, 0.2) is 36.8 Å². The number of nitrogen functional groups attached to an aromatic ring is 1. The van der Waals surface area contributed by atoms with E-state index in [-0.39, 0.29) is 5.91 Å². The van der Waals surface area contributed by atoms with Gasteiger partial charge < -0.3 is 15.6 Å². The minimum atomic E-state index is -0.159. The molecule has 2 rings (SSSR count). The van der Waals surface area contributed by atoms with E-state index in [0.29, 0.717) is 17.9 Å². The van der Waals surface area contributed by atoms with E-state index in [9.17, 15) is 4.79 Å². The smallest absolute Gasteiger partial charge is 0.269 e. The minimum absolute atomic E-state index is 0.159. The number of carbonyl (C=O) groups excluding carboxylic acids is 1. The minimum Gasteiger partial charge on any atom is -0.398 e. The number of hydrogen-bond donors (Lipinski definition) is 2. The monoisotopic (exact) mass is 230 g/mol. The zero-order chi connectivity index (χ0) is 12.3. The number of rotatable bonds is 3. The Morgan fingerprint density at radius 3 is 2.88 bits per heavy atom. The van der Waals surface area contributed by atoms with Crippen molar-refractivity contribution in [2.24, 2.45) is 7.05 Å². The summed E-state index contributed by atoms with van der Waals surface area (Å²) in [6.07, 6.45) is 3.12. The molecular formula is C12H14N4O. The van der Waals surface area contributed by atoms with Crippen LogP contribution >= 0.6 is 0 Å². The molecule has 88 valence electrons. The third-order valence-electron chi connectivity index (χ3n) is 2.54. The maximum absolute atomic E-state index is 11.8. The Labute approximate surface area is 99.3 Å².